The lowest BCUT2D eigenvalue weighted by atomic mass is 10.3. The Morgan fingerprint density at radius 2 is 2.47 bits per heavy atom. The number of anilines is 1. The molecule has 0 aliphatic heterocycles. The van der Waals surface area contributed by atoms with Crippen molar-refractivity contribution >= 4 is 43.2 Å². The van der Waals surface area contributed by atoms with E-state index in [1.165, 1.54) is 10.1 Å². The zero-order valence-corrected chi connectivity index (χ0v) is 10.8. The summed E-state index contributed by atoms with van der Waals surface area (Å²) >= 11 is 5.18. The van der Waals surface area contributed by atoms with Crippen molar-refractivity contribution < 1.29 is 0 Å². The van der Waals surface area contributed by atoms with Crippen LogP contribution in [0.4, 0.5) is 5.82 Å². The first-order chi connectivity index (χ1) is 7.18. The van der Waals surface area contributed by atoms with Gasteiger partial charge in [-0.15, -0.1) is 11.3 Å². The van der Waals surface area contributed by atoms with Crippen molar-refractivity contribution in [3.8, 4) is 0 Å². The van der Waals surface area contributed by atoms with Gasteiger partial charge in [0.2, 0.25) is 0 Å². The molecule has 2 rings (SSSR count). The highest BCUT2D eigenvalue weighted by atomic mass is 79.9. The molecule has 4 heteroatoms. The van der Waals surface area contributed by atoms with Gasteiger partial charge in [0.25, 0.3) is 0 Å². The standard InChI is InChI=1S/C11H11BrN2S/c1-7(2)5-13-11-10-8(3-4-15-10)9(12)6-14-11/h3-4,6H,1,5H2,2H3,(H,13,14). The predicted octanol–water partition coefficient (Wildman–Crippen LogP) is 4.05. The fourth-order valence-electron chi connectivity index (χ4n) is 1.29. The Hall–Kier alpha value is -0.870. The van der Waals surface area contributed by atoms with Crippen LogP contribution < -0.4 is 5.32 Å². The van der Waals surface area contributed by atoms with E-state index in [-0.39, 0.29) is 0 Å². The van der Waals surface area contributed by atoms with Gasteiger partial charge >= 0.3 is 0 Å². The normalized spacial score (nSPS) is 10.5. The number of hydrogen-bond acceptors (Lipinski definition) is 3. The first-order valence-corrected chi connectivity index (χ1v) is 6.25. The fraction of sp³-hybridized carbons (Fsp3) is 0.182. The smallest absolute Gasteiger partial charge is 0.144 e. The molecule has 0 amide bonds. The Morgan fingerprint density at radius 1 is 1.67 bits per heavy atom. The molecule has 0 fully saturated rings. The molecule has 2 nitrogen and oxygen atoms in total. The Kier molecular flexibility index (Phi) is 3.07. The number of nitrogens with one attached hydrogen (secondary N) is 1. The lowest BCUT2D eigenvalue weighted by molar-refractivity contribution is 1.18. The minimum absolute atomic E-state index is 0.766. The first-order valence-electron chi connectivity index (χ1n) is 4.58. The average Bonchev–Trinajstić information content (AvgIpc) is 2.66. The lowest BCUT2D eigenvalue weighted by Gasteiger charge is -2.06. The number of nitrogens with zero attached hydrogens (tertiary/aromatic N) is 1. The number of pyridine rings is 1. The van der Waals surface area contributed by atoms with Gasteiger partial charge < -0.3 is 5.32 Å². The fourth-order valence-corrected chi connectivity index (χ4v) is 2.74. The van der Waals surface area contributed by atoms with Gasteiger partial charge in [0, 0.05) is 22.6 Å². The summed E-state index contributed by atoms with van der Waals surface area (Å²) in [5.41, 5.74) is 1.10. The molecule has 0 unspecified atom stereocenters. The van der Waals surface area contributed by atoms with Gasteiger partial charge in [-0.05, 0) is 34.3 Å². The van der Waals surface area contributed by atoms with E-state index in [0.717, 1.165) is 22.4 Å². The van der Waals surface area contributed by atoms with Crippen LogP contribution in [0, 0.1) is 0 Å². The average molecular weight is 283 g/mol. The SMILES string of the molecule is C=C(C)CNc1ncc(Br)c2ccsc12. The van der Waals surface area contributed by atoms with E-state index in [1.54, 1.807) is 11.3 Å². The molecule has 1 N–H and O–H groups in total. The molecule has 0 aromatic carbocycles. The van der Waals surface area contributed by atoms with E-state index in [2.05, 4.69) is 44.3 Å². The largest absolute Gasteiger partial charge is 0.365 e. The third-order valence-corrected chi connectivity index (χ3v) is 3.56. The molecule has 2 heterocycles. The maximum Gasteiger partial charge on any atom is 0.144 e. The molecule has 2 aromatic heterocycles. The maximum absolute atomic E-state index is 4.36. The first kappa shape index (κ1) is 10.6. The number of aromatic nitrogens is 1. The van der Waals surface area contributed by atoms with E-state index in [0.29, 0.717) is 0 Å². The molecule has 0 saturated carbocycles. The zero-order chi connectivity index (χ0) is 10.8. The van der Waals surface area contributed by atoms with Crippen molar-refractivity contribution in [1.82, 2.24) is 4.98 Å². The molecule has 0 bridgehead atoms. The van der Waals surface area contributed by atoms with Gasteiger partial charge in [0.15, 0.2) is 0 Å². The maximum atomic E-state index is 4.36. The molecule has 0 saturated heterocycles. The molecule has 0 atom stereocenters. The summed E-state index contributed by atoms with van der Waals surface area (Å²) in [5, 5.41) is 6.56. The van der Waals surface area contributed by atoms with Crippen LogP contribution in [0.5, 0.6) is 0 Å². The molecule has 0 spiro atoms. The highest BCUT2D eigenvalue weighted by Gasteiger charge is 2.06. The molecule has 0 aliphatic carbocycles. The predicted molar refractivity (Wildman–Crippen MR) is 70.6 cm³/mol. The van der Waals surface area contributed by atoms with Crippen molar-refractivity contribution in [3.05, 3.63) is 34.3 Å². The Labute approximate surface area is 101 Å². The lowest BCUT2D eigenvalue weighted by Crippen LogP contribution is -2.03. The van der Waals surface area contributed by atoms with E-state index < -0.39 is 0 Å². The summed E-state index contributed by atoms with van der Waals surface area (Å²) in [6.45, 7) is 6.62. The molecule has 78 valence electrons. The van der Waals surface area contributed by atoms with Crippen LogP contribution in [0.15, 0.2) is 34.3 Å². The second-order valence-corrected chi connectivity index (χ2v) is 5.20. The third kappa shape index (κ3) is 2.21. The number of fused-ring (bicyclic) bond motifs is 1. The van der Waals surface area contributed by atoms with Crippen LogP contribution in [0.25, 0.3) is 10.1 Å². The second-order valence-electron chi connectivity index (χ2n) is 3.43. The van der Waals surface area contributed by atoms with Gasteiger partial charge in [-0.3, -0.25) is 0 Å². The molecule has 0 aliphatic rings. The van der Waals surface area contributed by atoms with E-state index >= 15 is 0 Å². The number of thiophene rings is 1. The molecule has 15 heavy (non-hydrogen) atoms. The summed E-state index contributed by atoms with van der Waals surface area (Å²) in [4.78, 5) is 4.36. The molecule has 2 aromatic rings. The Morgan fingerprint density at radius 3 is 3.20 bits per heavy atom. The minimum atomic E-state index is 0.766. The van der Waals surface area contributed by atoms with E-state index in [9.17, 15) is 0 Å². The van der Waals surface area contributed by atoms with Gasteiger partial charge in [-0.2, -0.15) is 0 Å². The summed E-state index contributed by atoms with van der Waals surface area (Å²) in [6, 6.07) is 2.09. The topological polar surface area (TPSA) is 24.9 Å². The molecule has 0 radical (unpaired) electrons. The number of halogens is 1. The summed E-state index contributed by atoms with van der Waals surface area (Å²) in [6.07, 6.45) is 1.83. The van der Waals surface area contributed by atoms with Crippen LogP contribution in [-0.4, -0.2) is 11.5 Å². The van der Waals surface area contributed by atoms with Crippen molar-refractivity contribution in [3.63, 3.8) is 0 Å². The van der Waals surface area contributed by atoms with Crippen LogP contribution in [-0.2, 0) is 0 Å². The Bertz CT molecular complexity index is 504. The van der Waals surface area contributed by atoms with Crippen LogP contribution >= 0.6 is 27.3 Å². The van der Waals surface area contributed by atoms with Crippen molar-refractivity contribution in [2.24, 2.45) is 0 Å². The summed E-state index contributed by atoms with van der Waals surface area (Å²) in [7, 11) is 0. The minimum Gasteiger partial charge on any atom is -0.365 e. The van der Waals surface area contributed by atoms with Crippen molar-refractivity contribution in [2.45, 2.75) is 6.92 Å². The zero-order valence-electron chi connectivity index (χ0n) is 8.38. The van der Waals surface area contributed by atoms with Crippen LogP contribution in [0.2, 0.25) is 0 Å². The van der Waals surface area contributed by atoms with Crippen molar-refractivity contribution in [1.29, 1.82) is 0 Å². The van der Waals surface area contributed by atoms with Gasteiger partial charge in [-0.1, -0.05) is 12.2 Å². The monoisotopic (exact) mass is 282 g/mol. The van der Waals surface area contributed by atoms with Gasteiger partial charge in [0.1, 0.15) is 5.82 Å². The molecular formula is C11H11BrN2S. The highest BCUT2D eigenvalue weighted by Crippen LogP contribution is 2.32. The summed E-state index contributed by atoms with van der Waals surface area (Å²) in [5.74, 6) is 0.936. The van der Waals surface area contributed by atoms with Gasteiger partial charge in [-0.25, -0.2) is 4.98 Å². The molecular weight excluding hydrogens is 272 g/mol. The summed E-state index contributed by atoms with van der Waals surface area (Å²) < 4.78 is 2.23. The van der Waals surface area contributed by atoms with Crippen LogP contribution in [0.3, 0.4) is 0 Å². The van der Waals surface area contributed by atoms with E-state index in [1.807, 2.05) is 13.1 Å². The second kappa shape index (κ2) is 4.33. The van der Waals surface area contributed by atoms with Crippen molar-refractivity contribution in [2.75, 3.05) is 11.9 Å². The number of rotatable bonds is 3. The van der Waals surface area contributed by atoms with Gasteiger partial charge in [0.05, 0.1) is 4.70 Å². The third-order valence-electron chi connectivity index (χ3n) is 2.00. The quantitative estimate of drug-likeness (QED) is 0.860. The highest BCUT2D eigenvalue weighted by molar-refractivity contribution is 9.10. The van der Waals surface area contributed by atoms with Crippen LogP contribution in [0.1, 0.15) is 6.92 Å². The van der Waals surface area contributed by atoms with E-state index in [4.69, 9.17) is 0 Å². The Balaban J connectivity index is 2.39. The number of hydrogen-bond donors (Lipinski definition) is 1.